The van der Waals surface area contributed by atoms with Crippen molar-refractivity contribution in [3.8, 4) is 0 Å². The summed E-state index contributed by atoms with van der Waals surface area (Å²) in [6, 6.07) is 12.2. The predicted molar refractivity (Wildman–Crippen MR) is 116 cm³/mol. The van der Waals surface area contributed by atoms with E-state index in [0.717, 1.165) is 16.6 Å². The fourth-order valence-corrected chi connectivity index (χ4v) is 5.31. The number of aromatic amines is 1. The number of amides is 1. The third kappa shape index (κ3) is 4.67. The predicted octanol–water partition coefficient (Wildman–Crippen LogP) is 2.62. The molecule has 1 saturated heterocycles. The summed E-state index contributed by atoms with van der Waals surface area (Å²) in [4.78, 5) is 20.2. The molecule has 0 radical (unpaired) electrons. The molecule has 1 fully saturated rings. The maximum absolute atomic E-state index is 12.8. The van der Waals surface area contributed by atoms with Crippen LogP contribution in [-0.2, 0) is 19.6 Å². The number of carbonyl (C=O) groups excluding carboxylic acids is 1. The van der Waals surface area contributed by atoms with Gasteiger partial charge in [0.25, 0.3) is 0 Å². The SMILES string of the molecule is Cc1ccc2nc(SCC(=O)Nc3cccc(S(=O)(=O)N4CCOCC4)c3)[nH]c2c1. The van der Waals surface area contributed by atoms with Crippen LogP contribution in [0.25, 0.3) is 11.0 Å². The Bertz CT molecular complexity index is 1170. The Morgan fingerprint density at radius 2 is 2.03 bits per heavy atom. The van der Waals surface area contributed by atoms with Crippen LogP contribution in [0.2, 0.25) is 0 Å². The number of nitrogens with one attached hydrogen (secondary N) is 2. The Morgan fingerprint density at radius 1 is 1.23 bits per heavy atom. The molecule has 3 aromatic rings. The van der Waals surface area contributed by atoms with E-state index < -0.39 is 10.0 Å². The summed E-state index contributed by atoms with van der Waals surface area (Å²) in [5, 5.41) is 3.42. The summed E-state index contributed by atoms with van der Waals surface area (Å²) >= 11 is 1.29. The summed E-state index contributed by atoms with van der Waals surface area (Å²) < 4.78 is 32.2. The van der Waals surface area contributed by atoms with Crippen LogP contribution in [0.4, 0.5) is 5.69 Å². The van der Waals surface area contributed by atoms with Gasteiger partial charge in [0.05, 0.1) is 34.9 Å². The van der Waals surface area contributed by atoms with Gasteiger partial charge < -0.3 is 15.0 Å². The Hall–Kier alpha value is -2.40. The van der Waals surface area contributed by atoms with Gasteiger partial charge in [-0.15, -0.1) is 0 Å². The number of morpholine rings is 1. The molecule has 2 N–H and O–H groups in total. The van der Waals surface area contributed by atoms with Gasteiger partial charge in [-0.1, -0.05) is 23.9 Å². The van der Waals surface area contributed by atoms with E-state index in [-0.39, 0.29) is 16.6 Å². The number of nitrogens with zero attached hydrogens (tertiary/aromatic N) is 2. The molecular formula is C20H22N4O4S2. The van der Waals surface area contributed by atoms with Crippen LogP contribution in [0, 0.1) is 6.92 Å². The van der Waals surface area contributed by atoms with Crippen molar-refractivity contribution in [3.63, 3.8) is 0 Å². The lowest BCUT2D eigenvalue weighted by Crippen LogP contribution is -2.40. The van der Waals surface area contributed by atoms with Gasteiger partial charge in [0.1, 0.15) is 0 Å². The van der Waals surface area contributed by atoms with Gasteiger partial charge in [0.2, 0.25) is 15.9 Å². The lowest BCUT2D eigenvalue weighted by atomic mass is 10.2. The Labute approximate surface area is 179 Å². The van der Waals surface area contributed by atoms with Crippen LogP contribution in [0.1, 0.15) is 5.56 Å². The topological polar surface area (TPSA) is 104 Å². The summed E-state index contributed by atoms with van der Waals surface area (Å²) in [7, 11) is -3.61. The van der Waals surface area contributed by atoms with Crippen molar-refractivity contribution in [1.29, 1.82) is 0 Å². The zero-order valence-corrected chi connectivity index (χ0v) is 18.1. The third-order valence-corrected chi connectivity index (χ3v) is 7.45. The Kier molecular flexibility index (Phi) is 6.09. The van der Waals surface area contributed by atoms with Gasteiger partial charge in [-0.2, -0.15) is 4.31 Å². The van der Waals surface area contributed by atoms with E-state index in [1.54, 1.807) is 12.1 Å². The van der Waals surface area contributed by atoms with Gasteiger partial charge in [-0.25, -0.2) is 13.4 Å². The van der Waals surface area contributed by atoms with Gasteiger partial charge in [0.15, 0.2) is 5.16 Å². The number of anilines is 1. The average molecular weight is 447 g/mol. The number of rotatable bonds is 6. The molecule has 0 saturated carbocycles. The lowest BCUT2D eigenvalue weighted by molar-refractivity contribution is -0.113. The highest BCUT2D eigenvalue weighted by Crippen LogP contribution is 2.22. The number of hydrogen-bond donors (Lipinski definition) is 2. The second kappa shape index (κ2) is 8.76. The molecule has 0 unspecified atom stereocenters. The minimum Gasteiger partial charge on any atom is -0.379 e. The van der Waals surface area contributed by atoms with E-state index in [0.29, 0.717) is 37.1 Å². The van der Waals surface area contributed by atoms with Crippen molar-refractivity contribution in [2.75, 3.05) is 37.4 Å². The minimum absolute atomic E-state index is 0.152. The van der Waals surface area contributed by atoms with E-state index in [4.69, 9.17) is 4.74 Å². The highest BCUT2D eigenvalue weighted by atomic mass is 32.2. The normalized spacial score (nSPS) is 15.4. The number of aromatic nitrogens is 2. The molecule has 2 aromatic carbocycles. The molecule has 0 atom stereocenters. The molecule has 2 heterocycles. The van der Waals surface area contributed by atoms with Crippen LogP contribution < -0.4 is 5.32 Å². The molecule has 1 aromatic heterocycles. The lowest BCUT2D eigenvalue weighted by Gasteiger charge is -2.26. The molecule has 0 spiro atoms. The monoisotopic (exact) mass is 446 g/mol. The quantitative estimate of drug-likeness (QED) is 0.564. The molecule has 30 heavy (non-hydrogen) atoms. The van der Waals surface area contributed by atoms with Crippen LogP contribution in [0.3, 0.4) is 0 Å². The Balaban J connectivity index is 1.40. The van der Waals surface area contributed by atoms with Gasteiger partial charge in [-0.3, -0.25) is 4.79 Å². The molecule has 1 aliphatic rings. The van der Waals surface area contributed by atoms with Crippen LogP contribution in [-0.4, -0.2) is 60.7 Å². The van der Waals surface area contributed by atoms with Crippen molar-refractivity contribution >= 4 is 44.4 Å². The number of ether oxygens (including phenoxy) is 1. The maximum atomic E-state index is 12.8. The van der Waals surface area contributed by atoms with Gasteiger partial charge in [0, 0.05) is 18.8 Å². The minimum atomic E-state index is -3.61. The second-order valence-corrected chi connectivity index (χ2v) is 9.85. The molecule has 4 rings (SSSR count). The molecule has 158 valence electrons. The number of H-pyrrole nitrogens is 1. The number of carbonyl (C=O) groups is 1. The largest absolute Gasteiger partial charge is 0.379 e. The van der Waals surface area contributed by atoms with E-state index in [2.05, 4.69) is 15.3 Å². The molecule has 0 aliphatic carbocycles. The third-order valence-electron chi connectivity index (χ3n) is 4.68. The van der Waals surface area contributed by atoms with Crippen LogP contribution >= 0.6 is 11.8 Å². The highest BCUT2D eigenvalue weighted by Gasteiger charge is 2.26. The summed E-state index contributed by atoms with van der Waals surface area (Å²) in [5.41, 5.74) is 3.35. The maximum Gasteiger partial charge on any atom is 0.243 e. The molecule has 1 aliphatic heterocycles. The van der Waals surface area contributed by atoms with E-state index in [1.807, 2.05) is 25.1 Å². The molecule has 10 heteroatoms. The standard InChI is InChI=1S/C20H22N4O4S2/c1-14-5-6-17-18(11-14)23-20(22-17)29-13-19(25)21-15-3-2-4-16(12-15)30(26,27)24-7-9-28-10-8-24/h2-6,11-12H,7-10,13H2,1H3,(H,21,25)(H,22,23). The van der Waals surface area contributed by atoms with Crippen molar-refractivity contribution in [3.05, 3.63) is 48.0 Å². The first kappa shape index (κ1) is 20.9. The van der Waals surface area contributed by atoms with E-state index >= 15 is 0 Å². The summed E-state index contributed by atoms with van der Waals surface area (Å²) in [5.74, 6) is -0.0863. The number of fused-ring (bicyclic) bond motifs is 1. The molecule has 0 bridgehead atoms. The number of hydrogen-bond acceptors (Lipinski definition) is 6. The highest BCUT2D eigenvalue weighted by molar-refractivity contribution is 7.99. The first-order valence-corrected chi connectivity index (χ1v) is 11.9. The van der Waals surface area contributed by atoms with Crippen molar-refractivity contribution < 1.29 is 17.9 Å². The van der Waals surface area contributed by atoms with E-state index in [1.165, 1.54) is 28.2 Å². The van der Waals surface area contributed by atoms with Crippen molar-refractivity contribution in [2.24, 2.45) is 0 Å². The van der Waals surface area contributed by atoms with Crippen LogP contribution in [0.15, 0.2) is 52.5 Å². The first-order valence-electron chi connectivity index (χ1n) is 9.49. The second-order valence-electron chi connectivity index (χ2n) is 6.94. The van der Waals surface area contributed by atoms with Gasteiger partial charge >= 0.3 is 0 Å². The number of thioether (sulfide) groups is 1. The zero-order valence-electron chi connectivity index (χ0n) is 16.4. The zero-order chi connectivity index (χ0) is 21.1. The fourth-order valence-electron chi connectivity index (χ4n) is 3.17. The first-order chi connectivity index (χ1) is 14.4. The number of benzene rings is 2. The number of imidazole rings is 1. The van der Waals surface area contributed by atoms with Crippen molar-refractivity contribution in [2.45, 2.75) is 17.0 Å². The molecule has 1 amide bonds. The average Bonchev–Trinajstić information content (AvgIpc) is 3.15. The van der Waals surface area contributed by atoms with E-state index in [9.17, 15) is 13.2 Å². The van der Waals surface area contributed by atoms with Crippen molar-refractivity contribution in [1.82, 2.24) is 14.3 Å². The number of aryl methyl sites for hydroxylation is 1. The summed E-state index contributed by atoms with van der Waals surface area (Å²) in [6.45, 7) is 3.43. The summed E-state index contributed by atoms with van der Waals surface area (Å²) in [6.07, 6.45) is 0. The smallest absolute Gasteiger partial charge is 0.243 e. The fraction of sp³-hybridized carbons (Fsp3) is 0.300. The molecular weight excluding hydrogens is 424 g/mol. The van der Waals surface area contributed by atoms with Crippen LogP contribution in [0.5, 0.6) is 0 Å². The van der Waals surface area contributed by atoms with Gasteiger partial charge in [-0.05, 0) is 42.8 Å². The Morgan fingerprint density at radius 3 is 2.83 bits per heavy atom. The molecule has 8 nitrogen and oxygen atoms in total. The number of sulfonamides is 1.